The molecule has 0 bridgehead atoms. The molecule has 1 aromatic heterocycles. The van der Waals surface area contributed by atoms with E-state index in [9.17, 15) is 9.90 Å². The van der Waals surface area contributed by atoms with E-state index in [1.807, 2.05) is 24.3 Å². The molecule has 0 saturated heterocycles. The Balaban J connectivity index is 1.78. The number of fused-ring (bicyclic) bond motifs is 1. The Hall–Kier alpha value is -1.39. The molecule has 0 amide bonds. The molecule has 20 heavy (non-hydrogen) atoms. The van der Waals surface area contributed by atoms with Gasteiger partial charge in [0.2, 0.25) is 0 Å². The Labute approximate surface area is 122 Å². The first kappa shape index (κ1) is 13.6. The van der Waals surface area contributed by atoms with Gasteiger partial charge in [-0.05, 0) is 30.2 Å². The van der Waals surface area contributed by atoms with Crippen LogP contribution in [0.3, 0.4) is 0 Å². The zero-order valence-corrected chi connectivity index (χ0v) is 12.1. The Morgan fingerprint density at radius 3 is 2.80 bits per heavy atom. The van der Waals surface area contributed by atoms with E-state index in [1.165, 1.54) is 37.0 Å². The number of ether oxygens (including phenoxy) is 1. The molecule has 1 aliphatic carbocycles. The van der Waals surface area contributed by atoms with Crippen LogP contribution in [0.4, 0.5) is 0 Å². The molecule has 0 radical (unpaired) electrons. The SMILES string of the molecule is O=C(O)c1sc2ccccc2c1COCC1CCCC1. The van der Waals surface area contributed by atoms with Gasteiger partial charge in [-0.2, -0.15) is 0 Å². The largest absolute Gasteiger partial charge is 0.477 e. The fourth-order valence-electron chi connectivity index (χ4n) is 2.92. The maximum atomic E-state index is 11.4. The van der Waals surface area contributed by atoms with Crippen molar-refractivity contribution in [3.8, 4) is 0 Å². The number of aromatic carboxylic acids is 1. The molecular formula is C16H18O3S. The minimum Gasteiger partial charge on any atom is -0.477 e. The maximum Gasteiger partial charge on any atom is 0.346 e. The van der Waals surface area contributed by atoms with Gasteiger partial charge in [0, 0.05) is 16.9 Å². The molecule has 0 spiro atoms. The first-order valence-corrected chi connectivity index (χ1v) is 7.89. The Bertz CT molecular complexity index is 611. The van der Waals surface area contributed by atoms with E-state index in [4.69, 9.17) is 4.74 Å². The maximum absolute atomic E-state index is 11.4. The second-order valence-electron chi connectivity index (χ2n) is 5.38. The minimum absolute atomic E-state index is 0.405. The molecule has 1 aliphatic rings. The first-order chi connectivity index (χ1) is 9.75. The van der Waals surface area contributed by atoms with Crippen LogP contribution in [0.15, 0.2) is 24.3 Å². The van der Waals surface area contributed by atoms with Crippen molar-refractivity contribution >= 4 is 27.4 Å². The summed E-state index contributed by atoms with van der Waals surface area (Å²) in [5.74, 6) is -0.196. The standard InChI is InChI=1S/C16H18O3S/c17-16(18)15-13(10-19-9-11-5-1-2-6-11)12-7-3-4-8-14(12)20-15/h3-4,7-8,11H,1-2,5-6,9-10H2,(H,17,18). The lowest BCUT2D eigenvalue weighted by Gasteiger charge is -2.10. The van der Waals surface area contributed by atoms with Crippen LogP contribution in [0.2, 0.25) is 0 Å². The van der Waals surface area contributed by atoms with Crippen molar-refractivity contribution in [2.75, 3.05) is 6.61 Å². The third kappa shape index (κ3) is 2.72. The molecule has 0 unspecified atom stereocenters. The third-order valence-electron chi connectivity index (χ3n) is 3.97. The molecule has 1 fully saturated rings. The topological polar surface area (TPSA) is 46.5 Å². The van der Waals surface area contributed by atoms with Crippen molar-refractivity contribution < 1.29 is 14.6 Å². The molecule has 4 heteroatoms. The molecule has 1 N–H and O–H groups in total. The highest BCUT2D eigenvalue weighted by atomic mass is 32.1. The third-order valence-corrected chi connectivity index (χ3v) is 5.17. The summed E-state index contributed by atoms with van der Waals surface area (Å²) >= 11 is 1.34. The van der Waals surface area contributed by atoms with Gasteiger partial charge in [0.15, 0.2) is 0 Å². The number of benzene rings is 1. The molecular weight excluding hydrogens is 272 g/mol. The first-order valence-electron chi connectivity index (χ1n) is 7.07. The van der Waals surface area contributed by atoms with E-state index in [0.717, 1.165) is 22.3 Å². The number of hydrogen-bond donors (Lipinski definition) is 1. The summed E-state index contributed by atoms with van der Waals surface area (Å²) in [6, 6.07) is 7.83. The normalized spacial score (nSPS) is 16.0. The van der Waals surface area contributed by atoms with Gasteiger partial charge in [-0.3, -0.25) is 0 Å². The van der Waals surface area contributed by atoms with Crippen LogP contribution < -0.4 is 0 Å². The number of thiophene rings is 1. The summed E-state index contributed by atoms with van der Waals surface area (Å²) in [4.78, 5) is 11.8. The summed E-state index contributed by atoms with van der Waals surface area (Å²) in [5, 5.41) is 10.3. The van der Waals surface area contributed by atoms with Gasteiger partial charge in [0.25, 0.3) is 0 Å². The Kier molecular flexibility index (Phi) is 4.03. The summed E-state index contributed by atoms with van der Waals surface area (Å²) in [6.07, 6.45) is 5.10. The van der Waals surface area contributed by atoms with E-state index < -0.39 is 5.97 Å². The van der Waals surface area contributed by atoms with Crippen LogP contribution in [-0.4, -0.2) is 17.7 Å². The van der Waals surface area contributed by atoms with Gasteiger partial charge in [-0.15, -0.1) is 11.3 Å². The number of carbonyl (C=O) groups is 1. The van der Waals surface area contributed by atoms with Crippen LogP contribution in [0.5, 0.6) is 0 Å². The monoisotopic (exact) mass is 290 g/mol. The van der Waals surface area contributed by atoms with Crippen LogP contribution in [0.1, 0.15) is 40.9 Å². The van der Waals surface area contributed by atoms with Gasteiger partial charge in [-0.25, -0.2) is 4.79 Å². The van der Waals surface area contributed by atoms with E-state index >= 15 is 0 Å². The van der Waals surface area contributed by atoms with Crippen molar-refractivity contribution in [3.63, 3.8) is 0 Å². The summed E-state index contributed by atoms with van der Waals surface area (Å²) in [5.41, 5.74) is 0.830. The van der Waals surface area contributed by atoms with Crippen molar-refractivity contribution in [2.24, 2.45) is 5.92 Å². The van der Waals surface area contributed by atoms with Gasteiger partial charge < -0.3 is 9.84 Å². The average Bonchev–Trinajstić information content (AvgIpc) is 3.07. The van der Waals surface area contributed by atoms with E-state index in [2.05, 4.69) is 0 Å². The quantitative estimate of drug-likeness (QED) is 0.892. The smallest absolute Gasteiger partial charge is 0.346 e. The second-order valence-corrected chi connectivity index (χ2v) is 6.43. The molecule has 0 atom stereocenters. The lowest BCUT2D eigenvalue weighted by Crippen LogP contribution is -2.07. The van der Waals surface area contributed by atoms with Gasteiger partial charge in [0.05, 0.1) is 6.61 Å². The minimum atomic E-state index is -0.856. The fourth-order valence-corrected chi connectivity index (χ4v) is 3.97. The molecule has 1 saturated carbocycles. The average molecular weight is 290 g/mol. The molecule has 2 aromatic rings. The van der Waals surface area contributed by atoms with Crippen LogP contribution in [0.25, 0.3) is 10.1 Å². The summed E-state index contributed by atoms with van der Waals surface area (Å²) in [7, 11) is 0. The van der Waals surface area contributed by atoms with E-state index in [0.29, 0.717) is 17.4 Å². The van der Waals surface area contributed by atoms with Gasteiger partial charge in [-0.1, -0.05) is 31.0 Å². The zero-order valence-electron chi connectivity index (χ0n) is 11.3. The van der Waals surface area contributed by atoms with Crippen LogP contribution in [-0.2, 0) is 11.3 Å². The number of carboxylic acid groups (broad SMARTS) is 1. The predicted molar refractivity (Wildman–Crippen MR) is 80.4 cm³/mol. The number of hydrogen-bond acceptors (Lipinski definition) is 3. The highest BCUT2D eigenvalue weighted by Gasteiger charge is 2.19. The summed E-state index contributed by atoms with van der Waals surface area (Å²) in [6.45, 7) is 1.16. The molecule has 1 aromatic carbocycles. The molecule has 106 valence electrons. The zero-order chi connectivity index (χ0) is 13.9. The van der Waals surface area contributed by atoms with Gasteiger partial charge in [0.1, 0.15) is 4.88 Å². The van der Waals surface area contributed by atoms with Gasteiger partial charge >= 0.3 is 5.97 Å². The van der Waals surface area contributed by atoms with Crippen molar-refractivity contribution in [2.45, 2.75) is 32.3 Å². The van der Waals surface area contributed by atoms with Crippen molar-refractivity contribution in [3.05, 3.63) is 34.7 Å². The predicted octanol–water partition coefficient (Wildman–Crippen LogP) is 4.31. The number of rotatable bonds is 5. The highest BCUT2D eigenvalue weighted by Crippen LogP contribution is 2.32. The van der Waals surface area contributed by atoms with E-state index in [1.54, 1.807) is 0 Å². The lowest BCUT2D eigenvalue weighted by atomic mass is 10.1. The van der Waals surface area contributed by atoms with Crippen LogP contribution >= 0.6 is 11.3 Å². The fraction of sp³-hybridized carbons (Fsp3) is 0.438. The van der Waals surface area contributed by atoms with Crippen LogP contribution in [0, 0.1) is 5.92 Å². The molecule has 0 aliphatic heterocycles. The lowest BCUT2D eigenvalue weighted by molar-refractivity contribution is 0.0684. The van der Waals surface area contributed by atoms with E-state index in [-0.39, 0.29) is 0 Å². The Morgan fingerprint density at radius 1 is 1.30 bits per heavy atom. The molecule has 1 heterocycles. The highest BCUT2D eigenvalue weighted by molar-refractivity contribution is 7.21. The molecule has 3 rings (SSSR count). The Morgan fingerprint density at radius 2 is 2.05 bits per heavy atom. The summed E-state index contributed by atoms with van der Waals surface area (Å²) < 4.78 is 6.82. The van der Waals surface area contributed by atoms with Crippen molar-refractivity contribution in [1.82, 2.24) is 0 Å². The second kappa shape index (κ2) is 5.94. The number of carboxylic acids is 1. The molecule has 3 nitrogen and oxygen atoms in total. The van der Waals surface area contributed by atoms with Crippen molar-refractivity contribution in [1.29, 1.82) is 0 Å².